The predicted molar refractivity (Wildman–Crippen MR) is 75.1 cm³/mol. The summed E-state index contributed by atoms with van der Waals surface area (Å²) in [6.45, 7) is 3.17. The lowest BCUT2D eigenvalue weighted by atomic mass is 10.2. The summed E-state index contributed by atoms with van der Waals surface area (Å²) < 4.78 is 10.4. The largest absolute Gasteiger partial charge is 0.469 e. The highest BCUT2D eigenvalue weighted by atomic mass is 16.5. The molecular formula is C15H22N2O3. The number of carbonyl (C=O) groups excluding carboxylic acids is 1. The smallest absolute Gasteiger partial charge is 0.306 e. The fraction of sp³-hybridized carbons (Fsp3) is 0.600. The van der Waals surface area contributed by atoms with E-state index in [4.69, 9.17) is 9.47 Å². The molecule has 0 bridgehead atoms. The van der Waals surface area contributed by atoms with Gasteiger partial charge in [-0.05, 0) is 24.5 Å². The van der Waals surface area contributed by atoms with Crippen LogP contribution in [0.1, 0.15) is 24.8 Å². The first-order valence-electron chi connectivity index (χ1n) is 7.07. The molecule has 1 aliphatic rings. The summed E-state index contributed by atoms with van der Waals surface area (Å²) in [4.78, 5) is 17.7. The van der Waals surface area contributed by atoms with Crippen molar-refractivity contribution in [1.29, 1.82) is 0 Å². The lowest BCUT2D eigenvalue weighted by molar-refractivity contribution is -0.141. The molecule has 1 aromatic rings. The van der Waals surface area contributed by atoms with E-state index in [9.17, 15) is 4.79 Å². The second-order valence-electron chi connectivity index (χ2n) is 5.06. The normalized spacial score (nSPS) is 18.4. The van der Waals surface area contributed by atoms with Crippen LogP contribution in [0, 0.1) is 0 Å². The summed E-state index contributed by atoms with van der Waals surface area (Å²) in [6.07, 6.45) is 6.54. The number of methoxy groups -OCH3 is 1. The Morgan fingerprint density at radius 1 is 1.60 bits per heavy atom. The van der Waals surface area contributed by atoms with E-state index in [-0.39, 0.29) is 12.1 Å². The SMILES string of the molecule is COC(=O)CCN(Cc1cccnc1)CC1CCCO1. The Bertz CT molecular complexity index is 405. The Morgan fingerprint density at radius 2 is 2.50 bits per heavy atom. The van der Waals surface area contributed by atoms with Crippen molar-refractivity contribution in [3.05, 3.63) is 30.1 Å². The van der Waals surface area contributed by atoms with Crippen molar-refractivity contribution in [2.45, 2.75) is 31.9 Å². The Hall–Kier alpha value is -1.46. The highest BCUT2D eigenvalue weighted by Gasteiger charge is 2.20. The molecule has 20 heavy (non-hydrogen) atoms. The zero-order chi connectivity index (χ0) is 14.2. The molecule has 0 N–H and O–H groups in total. The number of esters is 1. The zero-order valence-electron chi connectivity index (χ0n) is 12.0. The molecule has 1 unspecified atom stereocenters. The molecule has 5 nitrogen and oxygen atoms in total. The minimum Gasteiger partial charge on any atom is -0.469 e. The Balaban J connectivity index is 1.89. The first-order chi connectivity index (χ1) is 9.78. The van der Waals surface area contributed by atoms with Gasteiger partial charge in [0, 0.05) is 38.6 Å². The second-order valence-corrected chi connectivity index (χ2v) is 5.06. The van der Waals surface area contributed by atoms with Gasteiger partial charge in [-0.1, -0.05) is 6.07 Å². The van der Waals surface area contributed by atoms with E-state index < -0.39 is 0 Å². The van der Waals surface area contributed by atoms with Crippen LogP contribution in [-0.4, -0.2) is 48.8 Å². The van der Waals surface area contributed by atoms with Crippen molar-refractivity contribution in [3.8, 4) is 0 Å². The van der Waals surface area contributed by atoms with Gasteiger partial charge >= 0.3 is 5.97 Å². The molecule has 0 amide bonds. The third-order valence-electron chi connectivity index (χ3n) is 3.47. The second kappa shape index (κ2) is 7.97. The van der Waals surface area contributed by atoms with Crippen molar-refractivity contribution in [3.63, 3.8) is 0 Å². The molecule has 2 heterocycles. The van der Waals surface area contributed by atoms with Crippen molar-refractivity contribution >= 4 is 5.97 Å². The van der Waals surface area contributed by atoms with E-state index in [0.29, 0.717) is 13.0 Å². The molecule has 2 rings (SSSR count). The van der Waals surface area contributed by atoms with Gasteiger partial charge in [0.2, 0.25) is 0 Å². The molecular weight excluding hydrogens is 256 g/mol. The fourth-order valence-electron chi connectivity index (χ4n) is 2.41. The maximum atomic E-state index is 11.3. The number of hydrogen-bond donors (Lipinski definition) is 0. The van der Waals surface area contributed by atoms with Crippen LogP contribution in [0.4, 0.5) is 0 Å². The molecule has 1 aliphatic heterocycles. The average molecular weight is 278 g/mol. The Labute approximate surface area is 119 Å². The van der Waals surface area contributed by atoms with E-state index in [1.54, 1.807) is 6.20 Å². The molecule has 110 valence electrons. The molecule has 1 aromatic heterocycles. The number of aromatic nitrogens is 1. The lowest BCUT2D eigenvalue weighted by Crippen LogP contribution is -2.33. The van der Waals surface area contributed by atoms with Gasteiger partial charge in [0.15, 0.2) is 0 Å². The van der Waals surface area contributed by atoms with Crippen LogP contribution in [0.15, 0.2) is 24.5 Å². The van der Waals surface area contributed by atoms with Gasteiger partial charge in [-0.25, -0.2) is 0 Å². The van der Waals surface area contributed by atoms with Crippen LogP contribution in [0.2, 0.25) is 0 Å². The van der Waals surface area contributed by atoms with Crippen molar-refractivity contribution in [2.75, 3.05) is 26.8 Å². The van der Waals surface area contributed by atoms with E-state index in [2.05, 4.69) is 9.88 Å². The van der Waals surface area contributed by atoms with Gasteiger partial charge < -0.3 is 9.47 Å². The monoisotopic (exact) mass is 278 g/mol. The van der Waals surface area contributed by atoms with E-state index >= 15 is 0 Å². The number of rotatable bonds is 7. The number of carbonyl (C=O) groups is 1. The van der Waals surface area contributed by atoms with Gasteiger partial charge in [-0.3, -0.25) is 14.7 Å². The first kappa shape index (κ1) is 14.9. The van der Waals surface area contributed by atoms with E-state index in [1.165, 1.54) is 7.11 Å². The van der Waals surface area contributed by atoms with Gasteiger partial charge in [0.1, 0.15) is 0 Å². The molecule has 0 aromatic carbocycles. The van der Waals surface area contributed by atoms with Crippen molar-refractivity contribution in [1.82, 2.24) is 9.88 Å². The number of ether oxygens (including phenoxy) is 2. The van der Waals surface area contributed by atoms with Crippen LogP contribution in [-0.2, 0) is 20.8 Å². The quantitative estimate of drug-likeness (QED) is 0.709. The van der Waals surface area contributed by atoms with Crippen LogP contribution in [0.25, 0.3) is 0 Å². The topological polar surface area (TPSA) is 51.7 Å². The van der Waals surface area contributed by atoms with Gasteiger partial charge in [0.05, 0.1) is 19.6 Å². The average Bonchev–Trinajstić information content (AvgIpc) is 2.98. The van der Waals surface area contributed by atoms with Crippen LogP contribution < -0.4 is 0 Å². The van der Waals surface area contributed by atoms with Crippen LogP contribution in [0.5, 0.6) is 0 Å². The lowest BCUT2D eigenvalue weighted by Gasteiger charge is -2.24. The standard InChI is InChI=1S/C15H22N2O3/c1-19-15(18)6-8-17(12-14-5-3-9-20-14)11-13-4-2-7-16-10-13/h2,4,7,10,14H,3,5-6,8-9,11-12H2,1H3. The van der Waals surface area contributed by atoms with Gasteiger partial charge in [-0.2, -0.15) is 0 Å². The van der Waals surface area contributed by atoms with Crippen molar-refractivity contribution in [2.24, 2.45) is 0 Å². The summed E-state index contributed by atoms with van der Waals surface area (Å²) in [5.41, 5.74) is 1.15. The summed E-state index contributed by atoms with van der Waals surface area (Å²) in [6, 6.07) is 3.98. The Morgan fingerprint density at radius 3 is 3.15 bits per heavy atom. The molecule has 1 atom stereocenters. The fourth-order valence-corrected chi connectivity index (χ4v) is 2.41. The molecule has 1 saturated heterocycles. The maximum absolute atomic E-state index is 11.3. The molecule has 1 fully saturated rings. The highest BCUT2D eigenvalue weighted by molar-refractivity contribution is 5.69. The van der Waals surface area contributed by atoms with Gasteiger partial charge in [-0.15, -0.1) is 0 Å². The summed E-state index contributed by atoms with van der Waals surface area (Å²) in [7, 11) is 1.42. The van der Waals surface area contributed by atoms with Crippen molar-refractivity contribution < 1.29 is 14.3 Å². The number of pyridine rings is 1. The van der Waals surface area contributed by atoms with E-state index in [1.807, 2.05) is 18.3 Å². The number of nitrogens with zero attached hydrogens (tertiary/aromatic N) is 2. The molecule has 0 aliphatic carbocycles. The minimum atomic E-state index is -0.173. The molecule has 5 heteroatoms. The van der Waals surface area contributed by atoms with Gasteiger partial charge in [0.25, 0.3) is 0 Å². The Kier molecular flexibility index (Phi) is 5.95. The zero-order valence-corrected chi connectivity index (χ0v) is 12.0. The predicted octanol–water partition coefficient (Wildman–Crippen LogP) is 1.63. The molecule has 0 spiro atoms. The molecule has 0 saturated carbocycles. The third kappa shape index (κ3) is 4.90. The maximum Gasteiger partial charge on any atom is 0.306 e. The first-order valence-corrected chi connectivity index (χ1v) is 7.07. The molecule has 0 radical (unpaired) electrons. The third-order valence-corrected chi connectivity index (χ3v) is 3.47. The minimum absolute atomic E-state index is 0.173. The highest BCUT2D eigenvalue weighted by Crippen LogP contribution is 2.15. The number of hydrogen-bond acceptors (Lipinski definition) is 5. The van der Waals surface area contributed by atoms with Crippen LogP contribution in [0.3, 0.4) is 0 Å². The summed E-state index contributed by atoms with van der Waals surface area (Å²) in [5, 5.41) is 0. The van der Waals surface area contributed by atoms with Crippen LogP contribution >= 0.6 is 0 Å². The summed E-state index contributed by atoms with van der Waals surface area (Å²) in [5.74, 6) is -0.173. The summed E-state index contributed by atoms with van der Waals surface area (Å²) >= 11 is 0. The van der Waals surface area contributed by atoms with E-state index in [0.717, 1.165) is 38.1 Å².